The van der Waals surface area contributed by atoms with Crippen molar-refractivity contribution in [3.05, 3.63) is 35.9 Å². The van der Waals surface area contributed by atoms with Gasteiger partial charge in [-0.05, 0) is 24.8 Å². The van der Waals surface area contributed by atoms with E-state index in [1.807, 2.05) is 37.3 Å². The second-order valence-electron chi connectivity index (χ2n) is 6.82. The molecule has 2 rings (SSSR count). The Morgan fingerprint density at radius 1 is 1.29 bits per heavy atom. The molecule has 1 saturated heterocycles. The van der Waals surface area contributed by atoms with Crippen LogP contribution in [0.25, 0.3) is 0 Å². The predicted molar refractivity (Wildman–Crippen MR) is 94.4 cm³/mol. The van der Waals surface area contributed by atoms with Crippen molar-refractivity contribution in [3.63, 3.8) is 0 Å². The van der Waals surface area contributed by atoms with Crippen LogP contribution in [0.1, 0.15) is 64.5 Å². The first kappa shape index (κ1) is 18.7. The molecule has 132 valence electrons. The number of unbranched alkanes of at least 4 members (excludes halogenated alkanes) is 1. The van der Waals surface area contributed by atoms with Crippen LogP contribution in [-0.4, -0.2) is 29.4 Å². The van der Waals surface area contributed by atoms with Crippen molar-refractivity contribution in [2.75, 3.05) is 0 Å². The standard InChI is InChI=1S/C20H29NO3/c1-4-5-9-15(2)12-13-18(23)21-16(3)20(24-19(21)14-22)17-10-7-6-8-11-17/h6-8,10-11,14-16,19-20H,4-5,9,12-13H2,1-3H3. The van der Waals surface area contributed by atoms with E-state index in [4.69, 9.17) is 4.74 Å². The average Bonchev–Trinajstić information content (AvgIpc) is 2.95. The number of carbonyl (C=O) groups is 2. The van der Waals surface area contributed by atoms with E-state index in [9.17, 15) is 9.59 Å². The van der Waals surface area contributed by atoms with Crippen LogP contribution in [-0.2, 0) is 14.3 Å². The maximum atomic E-state index is 12.7. The van der Waals surface area contributed by atoms with Gasteiger partial charge in [0.25, 0.3) is 0 Å². The normalized spacial score (nSPS) is 24.8. The SMILES string of the molecule is CCCCC(C)CCC(=O)N1C(C=O)OC(c2ccccc2)C1C. The van der Waals surface area contributed by atoms with Crippen molar-refractivity contribution in [1.29, 1.82) is 0 Å². The van der Waals surface area contributed by atoms with Gasteiger partial charge >= 0.3 is 0 Å². The summed E-state index contributed by atoms with van der Waals surface area (Å²) in [6.07, 6.45) is 4.59. The summed E-state index contributed by atoms with van der Waals surface area (Å²) in [7, 11) is 0. The fraction of sp³-hybridized carbons (Fsp3) is 0.600. The number of rotatable bonds is 8. The number of aldehydes is 1. The predicted octanol–water partition coefficient (Wildman–Crippen LogP) is 4.11. The Balaban J connectivity index is 2.00. The summed E-state index contributed by atoms with van der Waals surface area (Å²) in [5.41, 5.74) is 1.00. The quantitative estimate of drug-likeness (QED) is 0.674. The van der Waals surface area contributed by atoms with Crippen LogP contribution < -0.4 is 0 Å². The molecule has 4 nitrogen and oxygen atoms in total. The average molecular weight is 331 g/mol. The molecule has 1 fully saturated rings. The van der Waals surface area contributed by atoms with Gasteiger partial charge in [0.05, 0.1) is 6.04 Å². The lowest BCUT2D eigenvalue weighted by Gasteiger charge is -2.25. The Morgan fingerprint density at radius 3 is 2.62 bits per heavy atom. The first-order valence-corrected chi connectivity index (χ1v) is 9.05. The monoisotopic (exact) mass is 331 g/mol. The van der Waals surface area contributed by atoms with Gasteiger partial charge in [-0.15, -0.1) is 0 Å². The Kier molecular flexibility index (Phi) is 6.98. The van der Waals surface area contributed by atoms with E-state index in [2.05, 4.69) is 13.8 Å². The van der Waals surface area contributed by atoms with Crippen LogP contribution in [0.15, 0.2) is 30.3 Å². The summed E-state index contributed by atoms with van der Waals surface area (Å²) in [4.78, 5) is 25.7. The number of ether oxygens (including phenoxy) is 1. The molecule has 1 aliphatic rings. The van der Waals surface area contributed by atoms with Gasteiger partial charge in [-0.3, -0.25) is 9.59 Å². The lowest BCUT2D eigenvalue weighted by Crippen LogP contribution is -2.41. The molecular weight excluding hydrogens is 302 g/mol. The molecule has 1 aromatic carbocycles. The fourth-order valence-corrected chi connectivity index (χ4v) is 3.37. The summed E-state index contributed by atoms with van der Waals surface area (Å²) in [6.45, 7) is 6.33. The topological polar surface area (TPSA) is 46.6 Å². The third-order valence-corrected chi connectivity index (χ3v) is 4.87. The first-order valence-electron chi connectivity index (χ1n) is 9.05. The molecule has 24 heavy (non-hydrogen) atoms. The highest BCUT2D eigenvalue weighted by Crippen LogP contribution is 2.34. The molecule has 0 spiro atoms. The molecule has 4 atom stereocenters. The molecule has 0 saturated carbocycles. The molecule has 0 radical (unpaired) electrons. The van der Waals surface area contributed by atoms with Gasteiger partial charge in [0.15, 0.2) is 12.5 Å². The van der Waals surface area contributed by atoms with Gasteiger partial charge in [-0.2, -0.15) is 0 Å². The van der Waals surface area contributed by atoms with Crippen LogP contribution in [0.5, 0.6) is 0 Å². The molecular formula is C20H29NO3. The molecule has 1 aromatic rings. The van der Waals surface area contributed by atoms with Gasteiger partial charge in [0.2, 0.25) is 5.91 Å². The zero-order chi connectivity index (χ0) is 17.5. The van der Waals surface area contributed by atoms with Crippen molar-refractivity contribution >= 4 is 12.2 Å². The smallest absolute Gasteiger partial charge is 0.225 e. The minimum atomic E-state index is -0.774. The van der Waals surface area contributed by atoms with Crippen molar-refractivity contribution < 1.29 is 14.3 Å². The Hall–Kier alpha value is -1.68. The molecule has 0 bridgehead atoms. The van der Waals surface area contributed by atoms with E-state index in [1.165, 1.54) is 12.8 Å². The Morgan fingerprint density at radius 2 is 2.00 bits per heavy atom. The lowest BCUT2D eigenvalue weighted by atomic mass is 9.98. The van der Waals surface area contributed by atoms with Crippen LogP contribution >= 0.6 is 0 Å². The molecule has 1 amide bonds. The van der Waals surface area contributed by atoms with Crippen molar-refractivity contribution in [1.82, 2.24) is 4.90 Å². The third-order valence-electron chi connectivity index (χ3n) is 4.87. The highest BCUT2D eigenvalue weighted by atomic mass is 16.5. The van der Waals surface area contributed by atoms with Gasteiger partial charge in [0.1, 0.15) is 6.10 Å². The maximum absolute atomic E-state index is 12.7. The zero-order valence-corrected chi connectivity index (χ0v) is 15.0. The lowest BCUT2D eigenvalue weighted by molar-refractivity contribution is -0.142. The zero-order valence-electron chi connectivity index (χ0n) is 15.0. The van der Waals surface area contributed by atoms with Gasteiger partial charge in [0, 0.05) is 6.42 Å². The van der Waals surface area contributed by atoms with Gasteiger partial charge < -0.3 is 9.64 Å². The Labute approximate surface area is 145 Å². The summed E-state index contributed by atoms with van der Waals surface area (Å²) < 4.78 is 5.85. The summed E-state index contributed by atoms with van der Waals surface area (Å²) >= 11 is 0. The molecule has 1 heterocycles. The molecule has 4 unspecified atom stereocenters. The largest absolute Gasteiger partial charge is 0.341 e. The number of amides is 1. The second kappa shape index (κ2) is 8.97. The summed E-state index contributed by atoms with van der Waals surface area (Å²) in [5.74, 6) is 0.550. The summed E-state index contributed by atoms with van der Waals surface area (Å²) in [5, 5.41) is 0. The second-order valence-corrected chi connectivity index (χ2v) is 6.82. The number of carbonyl (C=O) groups excluding carboxylic acids is 2. The fourth-order valence-electron chi connectivity index (χ4n) is 3.37. The van der Waals surface area contributed by atoms with Crippen LogP contribution in [0.4, 0.5) is 0 Å². The minimum absolute atomic E-state index is 0.0152. The van der Waals surface area contributed by atoms with E-state index in [0.29, 0.717) is 12.3 Å². The summed E-state index contributed by atoms with van der Waals surface area (Å²) in [6, 6.07) is 9.65. The van der Waals surface area contributed by atoms with E-state index >= 15 is 0 Å². The minimum Gasteiger partial charge on any atom is -0.341 e. The van der Waals surface area contributed by atoms with Crippen molar-refractivity contribution in [2.45, 2.75) is 71.2 Å². The number of hydrogen-bond acceptors (Lipinski definition) is 3. The maximum Gasteiger partial charge on any atom is 0.225 e. The number of hydrogen-bond donors (Lipinski definition) is 0. The molecule has 0 aliphatic carbocycles. The Bertz CT molecular complexity index is 531. The van der Waals surface area contributed by atoms with Crippen molar-refractivity contribution in [3.8, 4) is 0 Å². The molecule has 1 aliphatic heterocycles. The number of nitrogens with zero attached hydrogens (tertiary/aromatic N) is 1. The number of benzene rings is 1. The van der Waals surface area contributed by atoms with E-state index in [-0.39, 0.29) is 18.1 Å². The first-order chi connectivity index (χ1) is 11.6. The van der Waals surface area contributed by atoms with E-state index in [0.717, 1.165) is 24.7 Å². The van der Waals surface area contributed by atoms with Crippen LogP contribution in [0, 0.1) is 5.92 Å². The third kappa shape index (κ3) is 4.44. The van der Waals surface area contributed by atoms with Crippen molar-refractivity contribution in [2.24, 2.45) is 5.92 Å². The van der Waals surface area contributed by atoms with E-state index < -0.39 is 6.23 Å². The molecule has 0 aromatic heterocycles. The van der Waals surface area contributed by atoms with E-state index in [1.54, 1.807) is 4.90 Å². The van der Waals surface area contributed by atoms with Crippen LogP contribution in [0.3, 0.4) is 0 Å². The van der Waals surface area contributed by atoms with Gasteiger partial charge in [-0.25, -0.2) is 0 Å². The molecule has 0 N–H and O–H groups in total. The van der Waals surface area contributed by atoms with Crippen LogP contribution in [0.2, 0.25) is 0 Å². The highest BCUT2D eigenvalue weighted by Gasteiger charge is 2.42. The van der Waals surface area contributed by atoms with Gasteiger partial charge in [-0.1, -0.05) is 63.4 Å². The molecule has 4 heteroatoms. The highest BCUT2D eigenvalue weighted by molar-refractivity contribution is 5.80.